The Bertz CT molecular complexity index is 1120. The summed E-state index contributed by atoms with van der Waals surface area (Å²) in [7, 11) is 0. The molecular weight excluding hydrogens is 376 g/mol. The van der Waals surface area contributed by atoms with Gasteiger partial charge >= 0.3 is 0 Å². The molecule has 0 fully saturated rings. The fourth-order valence-corrected chi connectivity index (χ4v) is 5.67. The molecule has 0 radical (unpaired) electrons. The van der Waals surface area contributed by atoms with Crippen LogP contribution in [0.15, 0.2) is 45.3 Å². The van der Waals surface area contributed by atoms with Gasteiger partial charge in [-0.2, -0.15) is 0 Å². The van der Waals surface area contributed by atoms with Crippen LogP contribution >= 0.6 is 23.1 Å². The van der Waals surface area contributed by atoms with Crippen LogP contribution in [0.3, 0.4) is 0 Å². The molecule has 136 valence electrons. The van der Waals surface area contributed by atoms with Gasteiger partial charge in [-0.25, -0.2) is 9.97 Å². The van der Waals surface area contributed by atoms with Crippen molar-refractivity contribution in [2.75, 3.05) is 0 Å². The second-order valence-electron chi connectivity index (χ2n) is 7.05. The number of hydrogen-bond acceptors (Lipinski definition) is 7. The second kappa shape index (κ2) is 6.73. The molecule has 27 heavy (non-hydrogen) atoms. The molecule has 0 aliphatic heterocycles. The van der Waals surface area contributed by atoms with Gasteiger partial charge in [-0.3, -0.25) is 0 Å². The molecule has 0 saturated carbocycles. The van der Waals surface area contributed by atoms with Gasteiger partial charge in [0.05, 0.1) is 0 Å². The first-order valence-electron chi connectivity index (χ1n) is 9.01. The molecule has 1 atom stereocenters. The molecule has 0 amide bonds. The monoisotopic (exact) mass is 394 g/mol. The first-order chi connectivity index (χ1) is 13.2. The van der Waals surface area contributed by atoms with E-state index in [4.69, 9.17) is 4.42 Å². The number of nitrogens with zero attached hydrogens (tertiary/aromatic N) is 4. The Kier molecular flexibility index (Phi) is 4.21. The minimum absolute atomic E-state index is 0.509. The minimum atomic E-state index is 0.509. The third-order valence-electron chi connectivity index (χ3n) is 4.95. The van der Waals surface area contributed by atoms with Crippen LogP contribution in [0.4, 0.5) is 0 Å². The predicted molar refractivity (Wildman–Crippen MR) is 107 cm³/mol. The maximum absolute atomic E-state index is 5.88. The average Bonchev–Trinajstić information content (AvgIpc) is 3.26. The fourth-order valence-electron chi connectivity index (χ4n) is 3.47. The summed E-state index contributed by atoms with van der Waals surface area (Å²) in [5.41, 5.74) is 3.54. The summed E-state index contributed by atoms with van der Waals surface area (Å²) < 4.78 is 5.88. The highest BCUT2D eigenvalue weighted by atomic mass is 32.2. The molecule has 0 bridgehead atoms. The molecule has 3 heterocycles. The first kappa shape index (κ1) is 16.9. The lowest BCUT2D eigenvalue weighted by Gasteiger charge is -2.17. The number of fused-ring (bicyclic) bond motifs is 3. The zero-order chi connectivity index (χ0) is 18.4. The summed E-state index contributed by atoms with van der Waals surface area (Å²) in [6, 6.07) is 8.07. The van der Waals surface area contributed by atoms with E-state index in [1.165, 1.54) is 39.6 Å². The average molecular weight is 395 g/mol. The third-order valence-corrected chi connectivity index (χ3v) is 6.95. The van der Waals surface area contributed by atoms with E-state index in [-0.39, 0.29) is 0 Å². The van der Waals surface area contributed by atoms with Crippen molar-refractivity contribution in [3.8, 4) is 11.5 Å². The molecule has 4 aromatic rings. The van der Waals surface area contributed by atoms with E-state index < -0.39 is 0 Å². The van der Waals surface area contributed by atoms with Crippen molar-refractivity contribution in [1.29, 1.82) is 0 Å². The summed E-state index contributed by atoms with van der Waals surface area (Å²) in [6.07, 6.45) is 5.08. The van der Waals surface area contributed by atoms with Crippen LogP contribution in [-0.4, -0.2) is 20.2 Å². The SMILES string of the molecule is Cc1ccc(-c2nnc(Sc3ncnc4sc5c(c34)CCC(C)C5)o2)cc1. The normalized spacial score (nSPS) is 16.6. The Hall–Kier alpha value is -2.25. The van der Waals surface area contributed by atoms with Gasteiger partial charge < -0.3 is 4.42 Å². The molecule has 7 heteroatoms. The second-order valence-corrected chi connectivity index (χ2v) is 9.08. The molecule has 1 aliphatic carbocycles. The van der Waals surface area contributed by atoms with Gasteiger partial charge in [-0.1, -0.05) is 24.6 Å². The largest absolute Gasteiger partial charge is 0.411 e. The van der Waals surface area contributed by atoms with Crippen molar-refractivity contribution in [2.45, 2.75) is 43.4 Å². The highest BCUT2D eigenvalue weighted by molar-refractivity contribution is 7.99. The van der Waals surface area contributed by atoms with E-state index >= 15 is 0 Å². The van der Waals surface area contributed by atoms with Crippen molar-refractivity contribution in [3.63, 3.8) is 0 Å². The molecule has 3 aromatic heterocycles. The van der Waals surface area contributed by atoms with Crippen LogP contribution in [0, 0.1) is 12.8 Å². The summed E-state index contributed by atoms with van der Waals surface area (Å²) in [5, 5.41) is 11.0. The fraction of sp³-hybridized carbons (Fsp3) is 0.300. The van der Waals surface area contributed by atoms with E-state index in [9.17, 15) is 0 Å². The molecule has 5 nitrogen and oxygen atoms in total. The van der Waals surface area contributed by atoms with Crippen LogP contribution in [0.5, 0.6) is 0 Å². The Morgan fingerprint density at radius 1 is 1.15 bits per heavy atom. The third kappa shape index (κ3) is 3.15. The van der Waals surface area contributed by atoms with E-state index in [1.807, 2.05) is 24.3 Å². The maximum Gasteiger partial charge on any atom is 0.283 e. The van der Waals surface area contributed by atoms with Gasteiger partial charge in [0, 0.05) is 15.8 Å². The van der Waals surface area contributed by atoms with Gasteiger partial charge in [-0.15, -0.1) is 21.5 Å². The molecule has 0 saturated heterocycles. The Morgan fingerprint density at radius 3 is 2.85 bits per heavy atom. The Labute approximate surface area is 165 Å². The first-order valence-corrected chi connectivity index (χ1v) is 10.6. The molecule has 0 N–H and O–H groups in total. The van der Waals surface area contributed by atoms with Gasteiger partial charge in [0.15, 0.2) is 0 Å². The highest BCUT2D eigenvalue weighted by Gasteiger charge is 2.24. The number of benzene rings is 1. The number of rotatable bonds is 3. The molecule has 0 spiro atoms. The topological polar surface area (TPSA) is 64.7 Å². The Balaban J connectivity index is 1.49. The van der Waals surface area contributed by atoms with Crippen LogP contribution in [0.25, 0.3) is 21.7 Å². The van der Waals surface area contributed by atoms with E-state index in [0.29, 0.717) is 11.1 Å². The van der Waals surface area contributed by atoms with E-state index in [0.717, 1.165) is 34.2 Å². The van der Waals surface area contributed by atoms with E-state index in [1.54, 1.807) is 17.7 Å². The summed E-state index contributed by atoms with van der Waals surface area (Å²) in [5.74, 6) is 1.27. The van der Waals surface area contributed by atoms with Gasteiger partial charge in [-0.05, 0) is 61.6 Å². The smallest absolute Gasteiger partial charge is 0.283 e. The lowest BCUT2D eigenvalue weighted by molar-refractivity contribution is 0.465. The van der Waals surface area contributed by atoms with Crippen molar-refractivity contribution in [2.24, 2.45) is 5.92 Å². The van der Waals surface area contributed by atoms with Crippen LogP contribution < -0.4 is 0 Å². The highest BCUT2D eigenvalue weighted by Crippen LogP contribution is 2.42. The molecule has 5 rings (SSSR count). The molecule has 1 unspecified atom stereocenters. The maximum atomic E-state index is 5.88. The summed E-state index contributed by atoms with van der Waals surface area (Å²) in [6.45, 7) is 4.38. The number of aryl methyl sites for hydroxylation is 2. The number of aromatic nitrogens is 4. The van der Waals surface area contributed by atoms with Crippen LogP contribution in [0.1, 0.15) is 29.3 Å². The molecular formula is C20H18N4OS2. The zero-order valence-electron chi connectivity index (χ0n) is 15.1. The number of hydrogen-bond donors (Lipinski definition) is 0. The van der Waals surface area contributed by atoms with E-state index in [2.05, 4.69) is 34.0 Å². The van der Waals surface area contributed by atoms with Crippen molar-refractivity contribution < 1.29 is 4.42 Å². The summed E-state index contributed by atoms with van der Waals surface area (Å²) in [4.78, 5) is 11.5. The van der Waals surface area contributed by atoms with Gasteiger partial charge in [0.2, 0.25) is 5.89 Å². The number of thiophene rings is 1. The summed E-state index contributed by atoms with van der Waals surface area (Å²) >= 11 is 3.23. The lowest BCUT2D eigenvalue weighted by atomic mass is 9.89. The Morgan fingerprint density at radius 2 is 2.00 bits per heavy atom. The predicted octanol–water partition coefficient (Wildman–Crippen LogP) is 5.33. The van der Waals surface area contributed by atoms with Gasteiger partial charge in [0.25, 0.3) is 5.22 Å². The van der Waals surface area contributed by atoms with Crippen LogP contribution in [-0.2, 0) is 12.8 Å². The molecule has 1 aliphatic rings. The lowest BCUT2D eigenvalue weighted by Crippen LogP contribution is -2.08. The minimum Gasteiger partial charge on any atom is -0.411 e. The zero-order valence-corrected chi connectivity index (χ0v) is 16.7. The van der Waals surface area contributed by atoms with Crippen molar-refractivity contribution >= 4 is 33.3 Å². The standard InChI is InChI=1S/C20H18N4OS2/c1-11-3-6-13(7-4-11)17-23-24-20(25-17)27-19-16-14-8-5-12(2)9-15(14)26-18(16)21-10-22-19/h3-4,6-7,10,12H,5,8-9H2,1-2H3. The van der Waals surface area contributed by atoms with Crippen LogP contribution in [0.2, 0.25) is 0 Å². The quantitative estimate of drug-likeness (QED) is 0.438. The van der Waals surface area contributed by atoms with Crippen molar-refractivity contribution in [3.05, 3.63) is 46.6 Å². The van der Waals surface area contributed by atoms with Gasteiger partial charge in [0.1, 0.15) is 16.2 Å². The molecule has 1 aromatic carbocycles. The van der Waals surface area contributed by atoms with Crippen molar-refractivity contribution in [1.82, 2.24) is 20.2 Å².